The minimum Gasteiger partial charge on any atom is -0.454 e. The molecule has 2 aliphatic heterocycles. The number of hydrogen-bond acceptors (Lipinski definition) is 6. The summed E-state index contributed by atoms with van der Waals surface area (Å²) in [5, 5.41) is 4.09. The van der Waals surface area contributed by atoms with Gasteiger partial charge in [-0.1, -0.05) is 23.4 Å². The second-order valence-electron chi connectivity index (χ2n) is 6.27. The Morgan fingerprint density at radius 3 is 2.77 bits per heavy atom. The van der Waals surface area contributed by atoms with Crippen molar-refractivity contribution in [2.45, 2.75) is 12.3 Å². The van der Waals surface area contributed by atoms with Crippen LogP contribution in [0.5, 0.6) is 11.5 Å². The van der Waals surface area contributed by atoms with Crippen LogP contribution in [0.3, 0.4) is 0 Å². The summed E-state index contributed by atoms with van der Waals surface area (Å²) < 4.78 is 16.1. The van der Waals surface area contributed by atoms with Gasteiger partial charge in [0.05, 0.1) is 0 Å². The van der Waals surface area contributed by atoms with E-state index in [9.17, 15) is 4.79 Å². The SMILES string of the molecule is O=C1CC(c2noc(-c3ccc4c(c3)OCO4)n2)CN1c1ccccc1. The van der Waals surface area contributed by atoms with Crippen molar-refractivity contribution in [3.63, 3.8) is 0 Å². The molecule has 2 aromatic carbocycles. The van der Waals surface area contributed by atoms with Crippen molar-refractivity contribution in [3.8, 4) is 23.0 Å². The second-order valence-corrected chi connectivity index (χ2v) is 6.27. The maximum atomic E-state index is 12.4. The van der Waals surface area contributed by atoms with Gasteiger partial charge in [0.25, 0.3) is 5.89 Å². The molecule has 0 bridgehead atoms. The molecule has 1 aromatic heterocycles. The van der Waals surface area contributed by atoms with E-state index in [1.54, 1.807) is 4.90 Å². The molecule has 3 aromatic rings. The molecule has 5 rings (SSSR count). The Morgan fingerprint density at radius 1 is 1.04 bits per heavy atom. The van der Waals surface area contributed by atoms with Crippen LogP contribution in [0.15, 0.2) is 53.1 Å². The summed E-state index contributed by atoms with van der Waals surface area (Å²) in [6.07, 6.45) is 0.370. The predicted molar refractivity (Wildman–Crippen MR) is 92.0 cm³/mol. The van der Waals surface area contributed by atoms with Crippen LogP contribution in [0, 0.1) is 0 Å². The zero-order chi connectivity index (χ0) is 17.5. The number of benzene rings is 2. The summed E-state index contributed by atoms with van der Waals surface area (Å²) in [7, 11) is 0. The summed E-state index contributed by atoms with van der Waals surface area (Å²) in [5.74, 6) is 2.29. The Hall–Kier alpha value is -3.35. The first-order chi connectivity index (χ1) is 12.8. The third kappa shape index (κ3) is 2.48. The number of rotatable bonds is 3. The van der Waals surface area contributed by atoms with Gasteiger partial charge in [-0.05, 0) is 30.3 Å². The van der Waals surface area contributed by atoms with E-state index in [4.69, 9.17) is 14.0 Å². The van der Waals surface area contributed by atoms with Crippen molar-refractivity contribution in [1.82, 2.24) is 10.1 Å². The van der Waals surface area contributed by atoms with Gasteiger partial charge in [-0.25, -0.2) is 0 Å². The quantitative estimate of drug-likeness (QED) is 0.723. The van der Waals surface area contributed by atoms with Crippen molar-refractivity contribution < 1.29 is 18.8 Å². The van der Waals surface area contributed by atoms with Gasteiger partial charge in [0.1, 0.15) is 0 Å². The van der Waals surface area contributed by atoms with Crippen LogP contribution in [-0.4, -0.2) is 29.4 Å². The van der Waals surface area contributed by atoms with Crippen LogP contribution < -0.4 is 14.4 Å². The van der Waals surface area contributed by atoms with Gasteiger partial charge in [-0.2, -0.15) is 4.98 Å². The summed E-state index contributed by atoms with van der Waals surface area (Å²) in [6.45, 7) is 0.760. The first kappa shape index (κ1) is 14.9. The van der Waals surface area contributed by atoms with E-state index >= 15 is 0 Å². The number of hydrogen-bond donors (Lipinski definition) is 0. The number of anilines is 1. The highest BCUT2D eigenvalue weighted by Crippen LogP contribution is 2.36. The molecular formula is C19H15N3O4. The molecule has 2 aliphatic rings. The second kappa shape index (κ2) is 5.87. The number of carbonyl (C=O) groups excluding carboxylic acids is 1. The van der Waals surface area contributed by atoms with Gasteiger partial charge in [0.2, 0.25) is 12.7 Å². The van der Waals surface area contributed by atoms with Crippen molar-refractivity contribution in [2.75, 3.05) is 18.2 Å². The molecule has 26 heavy (non-hydrogen) atoms. The number of ether oxygens (including phenoxy) is 2. The molecule has 3 heterocycles. The number of fused-ring (bicyclic) bond motifs is 1. The van der Waals surface area contributed by atoms with E-state index in [2.05, 4.69) is 10.1 Å². The zero-order valence-electron chi connectivity index (χ0n) is 13.8. The third-order valence-corrected chi connectivity index (χ3v) is 4.62. The molecule has 0 spiro atoms. The molecule has 1 saturated heterocycles. The van der Waals surface area contributed by atoms with Crippen LogP contribution in [0.4, 0.5) is 5.69 Å². The molecule has 1 unspecified atom stereocenters. The first-order valence-corrected chi connectivity index (χ1v) is 8.37. The van der Waals surface area contributed by atoms with Gasteiger partial charge in [-0.3, -0.25) is 4.79 Å². The fourth-order valence-corrected chi connectivity index (χ4v) is 3.29. The normalized spacial score (nSPS) is 18.5. The smallest absolute Gasteiger partial charge is 0.258 e. The van der Waals surface area contributed by atoms with Crippen LogP contribution in [-0.2, 0) is 4.79 Å². The molecule has 0 N–H and O–H groups in total. The van der Waals surface area contributed by atoms with Crippen molar-refractivity contribution >= 4 is 11.6 Å². The lowest BCUT2D eigenvalue weighted by Gasteiger charge is -2.15. The van der Waals surface area contributed by atoms with Crippen molar-refractivity contribution in [3.05, 3.63) is 54.4 Å². The highest BCUT2D eigenvalue weighted by atomic mass is 16.7. The predicted octanol–water partition coefficient (Wildman–Crippen LogP) is 2.99. The van der Waals surface area contributed by atoms with E-state index < -0.39 is 0 Å². The lowest BCUT2D eigenvalue weighted by molar-refractivity contribution is -0.117. The largest absolute Gasteiger partial charge is 0.454 e. The number of nitrogens with zero attached hydrogens (tertiary/aromatic N) is 3. The standard InChI is InChI=1S/C19H15N3O4/c23-17-9-13(10-22(17)14-4-2-1-3-5-14)18-20-19(26-21-18)12-6-7-15-16(8-12)25-11-24-15/h1-8,13H,9-11H2. The summed E-state index contributed by atoms with van der Waals surface area (Å²) in [5.41, 5.74) is 1.65. The highest BCUT2D eigenvalue weighted by Gasteiger charge is 2.34. The van der Waals surface area contributed by atoms with Gasteiger partial charge in [0.15, 0.2) is 17.3 Å². The Labute approximate surface area is 149 Å². The number of para-hydroxylation sites is 1. The Bertz CT molecular complexity index is 970. The molecule has 1 amide bonds. The van der Waals surface area contributed by atoms with Crippen LogP contribution in [0.1, 0.15) is 18.2 Å². The maximum Gasteiger partial charge on any atom is 0.258 e. The van der Waals surface area contributed by atoms with Crippen LogP contribution in [0.2, 0.25) is 0 Å². The van der Waals surface area contributed by atoms with Gasteiger partial charge in [0, 0.05) is 30.1 Å². The Morgan fingerprint density at radius 2 is 1.88 bits per heavy atom. The molecule has 0 aliphatic carbocycles. The van der Waals surface area contributed by atoms with Gasteiger partial charge < -0.3 is 18.9 Å². The summed E-state index contributed by atoms with van der Waals surface area (Å²) >= 11 is 0. The van der Waals surface area contributed by atoms with E-state index in [0.29, 0.717) is 36.2 Å². The molecular weight excluding hydrogens is 334 g/mol. The fraction of sp³-hybridized carbons (Fsp3) is 0.211. The molecule has 1 fully saturated rings. The summed E-state index contributed by atoms with van der Waals surface area (Å²) in [4.78, 5) is 18.6. The number of aromatic nitrogens is 2. The number of carbonyl (C=O) groups is 1. The van der Waals surface area contributed by atoms with E-state index in [-0.39, 0.29) is 18.6 Å². The third-order valence-electron chi connectivity index (χ3n) is 4.62. The molecule has 7 nitrogen and oxygen atoms in total. The summed E-state index contributed by atoms with van der Waals surface area (Å²) in [6, 6.07) is 15.1. The Kier molecular flexibility index (Phi) is 3.38. The molecule has 7 heteroatoms. The average molecular weight is 349 g/mol. The minimum absolute atomic E-state index is 0.0654. The Balaban J connectivity index is 1.38. The lowest BCUT2D eigenvalue weighted by atomic mass is 10.1. The number of amides is 1. The highest BCUT2D eigenvalue weighted by molar-refractivity contribution is 5.96. The monoisotopic (exact) mass is 349 g/mol. The maximum absolute atomic E-state index is 12.4. The lowest BCUT2D eigenvalue weighted by Crippen LogP contribution is -2.24. The topological polar surface area (TPSA) is 77.7 Å². The van der Waals surface area contributed by atoms with E-state index in [1.165, 1.54) is 0 Å². The van der Waals surface area contributed by atoms with Crippen molar-refractivity contribution in [2.24, 2.45) is 0 Å². The van der Waals surface area contributed by atoms with E-state index in [1.807, 2.05) is 48.5 Å². The van der Waals surface area contributed by atoms with Gasteiger partial charge >= 0.3 is 0 Å². The van der Waals surface area contributed by atoms with Crippen LogP contribution >= 0.6 is 0 Å². The van der Waals surface area contributed by atoms with Gasteiger partial charge in [-0.15, -0.1) is 0 Å². The van der Waals surface area contributed by atoms with Crippen molar-refractivity contribution in [1.29, 1.82) is 0 Å². The van der Waals surface area contributed by atoms with Crippen LogP contribution in [0.25, 0.3) is 11.5 Å². The molecule has 130 valence electrons. The first-order valence-electron chi connectivity index (χ1n) is 8.37. The van der Waals surface area contributed by atoms with E-state index in [0.717, 1.165) is 11.3 Å². The minimum atomic E-state index is -0.0887. The molecule has 1 atom stereocenters. The fourth-order valence-electron chi connectivity index (χ4n) is 3.29. The average Bonchev–Trinajstić information content (AvgIpc) is 3.40. The zero-order valence-corrected chi connectivity index (χ0v) is 13.8. The molecule has 0 radical (unpaired) electrons. The molecule has 0 saturated carbocycles.